The zero-order valence-electron chi connectivity index (χ0n) is 18.6. The third-order valence-corrected chi connectivity index (χ3v) is 6.08. The second kappa shape index (κ2) is 8.22. The van der Waals surface area contributed by atoms with Crippen molar-refractivity contribution in [2.24, 2.45) is 0 Å². The van der Waals surface area contributed by atoms with Crippen LogP contribution in [0.5, 0.6) is 28.7 Å². The van der Waals surface area contributed by atoms with Gasteiger partial charge in [-0.3, -0.25) is 0 Å². The van der Waals surface area contributed by atoms with Crippen LogP contribution < -0.4 is 14.2 Å². The second-order valence-electron chi connectivity index (χ2n) is 8.80. The van der Waals surface area contributed by atoms with Crippen molar-refractivity contribution in [3.8, 4) is 28.7 Å². The van der Waals surface area contributed by atoms with Gasteiger partial charge < -0.3 is 24.4 Å². The van der Waals surface area contributed by atoms with Gasteiger partial charge in [-0.1, -0.05) is 23.8 Å². The molecule has 2 heterocycles. The summed E-state index contributed by atoms with van der Waals surface area (Å²) in [6.45, 7) is 6.74. The molecule has 2 aromatic carbocycles. The summed E-state index contributed by atoms with van der Waals surface area (Å²) in [6.07, 6.45) is 9.05. The summed E-state index contributed by atoms with van der Waals surface area (Å²) in [5.74, 6) is 1.48. The van der Waals surface area contributed by atoms with E-state index in [2.05, 4.69) is 39.0 Å². The first-order chi connectivity index (χ1) is 14.8. The molecule has 0 aromatic heterocycles. The zero-order chi connectivity index (χ0) is 22.2. The van der Waals surface area contributed by atoms with E-state index < -0.39 is 0 Å². The smallest absolute Gasteiger partial charge is 0.200 e. The number of hydrogen-bond acceptors (Lipinski definition) is 5. The molecule has 0 bridgehead atoms. The van der Waals surface area contributed by atoms with Gasteiger partial charge in [-0.05, 0) is 69.9 Å². The van der Waals surface area contributed by atoms with Crippen LogP contribution in [0.15, 0.2) is 42.0 Å². The lowest BCUT2D eigenvalue weighted by Crippen LogP contribution is -2.32. The minimum Gasteiger partial charge on any atom is -0.504 e. The number of rotatable bonds is 5. The quantitative estimate of drug-likeness (QED) is 0.475. The van der Waals surface area contributed by atoms with Gasteiger partial charge in [0.1, 0.15) is 17.1 Å². The van der Waals surface area contributed by atoms with Gasteiger partial charge in [0.2, 0.25) is 5.75 Å². The van der Waals surface area contributed by atoms with Crippen LogP contribution in [0.25, 0.3) is 6.08 Å². The Kier molecular flexibility index (Phi) is 5.61. The van der Waals surface area contributed by atoms with Crippen molar-refractivity contribution in [2.75, 3.05) is 13.7 Å². The molecule has 0 fully saturated rings. The maximum absolute atomic E-state index is 10.4. The topological polar surface area (TPSA) is 68.2 Å². The molecule has 31 heavy (non-hydrogen) atoms. The highest BCUT2D eigenvalue weighted by atomic mass is 16.5. The van der Waals surface area contributed by atoms with E-state index in [-0.39, 0.29) is 28.8 Å². The molecule has 0 spiro atoms. The minimum atomic E-state index is -0.337. The molecule has 0 radical (unpaired) electrons. The number of phenols is 2. The number of allylic oxidation sites excluding steroid dienone is 2. The van der Waals surface area contributed by atoms with E-state index >= 15 is 0 Å². The molecule has 2 atom stereocenters. The van der Waals surface area contributed by atoms with Crippen LogP contribution in [0.1, 0.15) is 56.2 Å². The number of aromatic hydroxyl groups is 2. The lowest BCUT2D eigenvalue weighted by atomic mass is 9.87. The zero-order valence-corrected chi connectivity index (χ0v) is 18.6. The summed E-state index contributed by atoms with van der Waals surface area (Å²) in [5.41, 5.74) is 3.66. The van der Waals surface area contributed by atoms with Crippen molar-refractivity contribution in [3.05, 3.63) is 58.7 Å². The molecule has 0 saturated carbocycles. The number of methoxy groups -OCH3 is 1. The van der Waals surface area contributed by atoms with Gasteiger partial charge in [-0.25, -0.2) is 0 Å². The van der Waals surface area contributed by atoms with Crippen LogP contribution in [0.3, 0.4) is 0 Å². The first kappa shape index (κ1) is 21.2. The highest BCUT2D eigenvalue weighted by Crippen LogP contribution is 2.47. The van der Waals surface area contributed by atoms with Crippen LogP contribution in [0.2, 0.25) is 0 Å². The molecular weight excluding hydrogens is 392 g/mol. The largest absolute Gasteiger partial charge is 0.504 e. The molecule has 4 rings (SSSR count). The van der Waals surface area contributed by atoms with E-state index in [0.717, 1.165) is 35.5 Å². The van der Waals surface area contributed by atoms with Gasteiger partial charge in [-0.2, -0.15) is 0 Å². The van der Waals surface area contributed by atoms with Crippen LogP contribution in [0, 0.1) is 0 Å². The monoisotopic (exact) mass is 422 g/mol. The lowest BCUT2D eigenvalue weighted by Gasteiger charge is -2.34. The number of ether oxygens (including phenoxy) is 3. The standard InChI is InChI=1S/C26H30O5/c1-16(2)6-5-12-26(3)13-11-20-21(31-26)9-7-17-14-18(15-30-25(17)20)19-8-10-22(29-4)24(28)23(19)27/h6-11,13,18,27-28H,5,12,14-15H2,1-4H3/t18-,26+/m0/s1. The Balaban J connectivity index is 1.56. The minimum absolute atomic E-state index is 0.0646. The van der Waals surface area contributed by atoms with E-state index in [1.54, 1.807) is 12.1 Å². The predicted molar refractivity (Wildman–Crippen MR) is 121 cm³/mol. The number of benzene rings is 2. The van der Waals surface area contributed by atoms with Crippen molar-refractivity contribution in [2.45, 2.75) is 51.6 Å². The molecule has 164 valence electrons. The summed E-state index contributed by atoms with van der Waals surface area (Å²) in [4.78, 5) is 0. The fourth-order valence-electron chi connectivity index (χ4n) is 4.31. The van der Waals surface area contributed by atoms with Gasteiger partial charge >= 0.3 is 0 Å². The van der Waals surface area contributed by atoms with Gasteiger partial charge in [0.15, 0.2) is 11.5 Å². The Hall–Kier alpha value is -3.08. The van der Waals surface area contributed by atoms with E-state index in [1.807, 2.05) is 12.1 Å². The van der Waals surface area contributed by atoms with Crippen LogP contribution in [0.4, 0.5) is 0 Å². The summed E-state index contributed by atoms with van der Waals surface area (Å²) in [7, 11) is 1.46. The van der Waals surface area contributed by atoms with Gasteiger partial charge in [0.05, 0.1) is 19.3 Å². The van der Waals surface area contributed by atoms with Crippen LogP contribution in [-0.2, 0) is 6.42 Å². The molecule has 2 aliphatic heterocycles. The van der Waals surface area contributed by atoms with E-state index in [1.165, 1.54) is 12.7 Å². The fraction of sp³-hybridized carbons (Fsp3) is 0.385. The molecule has 5 nitrogen and oxygen atoms in total. The van der Waals surface area contributed by atoms with Crippen molar-refractivity contribution in [1.82, 2.24) is 0 Å². The van der Waals surface area contributed by atoms with E-state index in [9.17, 15) is 10.2 Å². The molecule has 0 saturated heterocycles. The highest BCUT2D eigenvalue weighted by molar-refractivity contribution is 5.70. The van der Waals surface area contributed by atoms with E-state index in [0.29, 0.717) is 18.6 Å². The first-order valence-electron chi connectivity index (χ1n) is 10.7. The van der Waals surface area contributed by atoms with Crippen LogP contribution in [-0.4, -0.2) is 29.5 Å². The fourth-order valence-corrected chi connectivity index (χ4v) is 4.31. The summed E-state index contributed by atoms with van der Waals surface area (Å²) < 4.78 is 17.6. The number of fused-ring (bicyclic) bond motifs is 3. The van der Waals surface area contributed by atoms with Gasteiger partial charge in [0.25, 0.3) is 0 Å². The van der Waals surface area contributed by atoms with Crippen molar-refractivity contribution >= 4 is 6.08 Å². The molecule has 2 aromatic rings. The predicted octanol–water partition coefficient (Wildman–Crippen LogP) is 5.74. The normalized spacial score (nSPS) is 21.4. The molecule has 0 aliphatic carbocycles. The SMILES string of the molecule is COc1ccc([C@@H]2COc3c(ccc4c3C=C[C@@](C)(CCC=C(C)C)O4)C2)c(O)c1O. The third-order valence-electron chi connectivity index (χ3n) is 6.08. The molecule has 0 amide bonds. The second-order valence-corrected chi connectivity index (χ2v) is 8.80. The Morgan fingerprint density at radius 2 is 2.00 bits per heavy atom. The molecular formula is C26H30O5. The Labute approximate surface area is 183 Å². The molecule has 5 heteroatoms. The summed E-state index contributed by atoms with van der Waals surface area (Å²) >= 11 is 0. The molecule has 0 unspecified atom stereocenters. The first-order valence-corrected chi connectivity index (χ1v) is 10.7. The number of phenolic OH excluding ortho intramolecular Hbond substituents is 2. The van der Waals surface area contributed by atoms with Crippen molar-refractivity contribution in [1.29, 1.82) is 0 Å². The van der Waals surface area contributed by atoms with Gasteiger partial charge in [0, 0.05) is 11.5 Å². The Morgan fingerprint density at radius 1 is 1.19 bits per heavy atom. The van der Waals surface area contributed by atoms with Crippen molar-refractivity contribution in [3.63, 3.8) is 0 Å². The highest BCUT2D eigenvalue weighted by Gasteiger charge is 2.32. The van der Waals surface area contributed by atoms with E-state index in [4.69, 9.17) is 14.2 Å². The average molecular weight is 423 g/mol. The third kappa shape index (κ3) is 4.09. The van der Waals surface area contributed by atoms with Crippen molar-refractivity contribution < 1.29 is 24.4 Å². The lowest BCUT2D eigenvalue weighted by molar-refractivity contribution is 0.127. The Bertz CT molecular complexity index is 1050. The summed E-state index contributed by atoms with van der Waals surface area (Å²) in [5, 5.41) is 20.6. The maximum Gasteiger partial charge on any atom is 0.200 e. The Morgan fingerprint density at radius 3 is 2.74 bits per heavy atom. The molecule has 2 N–H and O–H groups in total. The summed E-state index contributed by atoms with van der Waals surface area (Å²) in [6, 6.07) is 7.50. The van der Waals surface area contributed by atoms with Gasteiger partial charge in [-0.15, -0.1) is 0 Å². The molecule has 2 aliphatic rings. The number of hydrogen-bond donors (Lipinski definition) is 2. The maximum atomic E-state index is 10.4. The average Bonchev–Trinajstić information content (AvgIpc) is 2.74. The van der Waals surface area contributed by atoms with Crippen LogP contribution >= 0.6 is 0 Å².